The Morgan fingerprint density at radius 2 is 1.75 bits per heavy atom. The van der Waals surface area contributed by atoms with Gasteiger partial charge in [-0.05, 0) is 12.5 Å². The van der Waals surface area contributed by atoms with E-state index in [4.69, 9.17) is 9.47 Å². The number of benzene rings is 1. The third-order valence-electron chi connectivity index (χ3n) is 1.90. The van der Waals surface area contributed by atoms with Crippen molar-refractivity contribution in [2.24, 2.45) is 0 Å². The molecule has 0 fully saturated rings. The molecule has 1 aliphatic heterocycles. The second kappa shape index (κ2) is 2.89. The first-order chi connectivity index (χ1) is 5.88. The Balaban J connectivity index is 2.27. The number of rotatable bonds is 1. The van der Waals surface area contributed by atoms with Crippen LogP contribution in [-0.4, -0.2) is 0 Å². The van der Waals surface area contributed by atoms with Crippen LogP contribution >= 0.6 is 0 Å². The Kier molecular flexibility index (Phi) is 1.74. The summed E-state index contributed by atoms with van der Waals surface area (Å²) in [5.41, 5.74) is 2.27. The van der Waals surface area contributed by atoms with Crippen LogP contribution in [0.5, 0.6) is 0 Å². The molecule has 2 heteroatoms. The predicted molar refractivity (Wildman–Crippen MR) is 45.2 cm³/mol. The molecule has 2 rings (SSSR count). The van der Waals surface area contributed by atoms with Crippen LogP contribution in [-0.2, 0) is 9.47 Å². The molecule has 12 heavy (non-hydrogen) atoms. The molecule has 0 saturated heterocycles. The molecule has 0 unspecified atom stereocenters. The predicted octanol–water partition coefficient (Wildman–Crippen LogP) is 2.51. The van der Waals surface area contributed by atoms with E-state index in [1.54, 1.807) is 12.5 Å². The van der Waals surface area contributed by atoms with E-state index in [-0.39, 0.29) is 6.29 Å². The van der Waals surface area contributed by atoms with Crippen molar-refractivity contribution in [1.82, 2.24) is 0 Å². The van der Waals surface area contributed by atoms with Crippen molar-refractivity contribution in [3.63, 3.8) is 0 Å². The van der Waals surface area contributed by atoms with Gasteiger partial charge in [-0.25, -0.2) is 0 Å². The summed E-state index contributed by atoms with van der Waals surface area (Å²) in [6, 6.07) is 8.03. The average molecular weight is 162 g/mol. The standard InChI is InChI=1S/C10H10O2/c1-8-4-2-3-5-9(8)10-11-6-7-12-10/h2-7,10H,1H3. The molecule has 0 radical (unpaired) electrons. The van der Waals surface area contributed by atoms with Crippen molar-refractivity contribution < 1.29 is 9.47 Å². The molecule has 2 nitrogen and oxygen atoms in total. The molecule has 0 bridgehead atoms. The van der Waals surface area contributed by atoms with E-state index < -0.39 is 0 Å². The van der Waals surface area contributed by atoms with Crippen molar-refractivity contribution in [2.45, 2.75) is 13.2 Å². The van der Waals surface area contributed by atoms with Gasteiger partial charge < -0.3 is 9.47 Å². The van der Waals surface area contributed by atoms with Gasteiger partial charge in [0.2, 0.25) is 0 Å². The third-order valence-corrected chi connectivity index (χ3v) is 1.90. The minimum Gasteiger partial charge on any atom is -0.455 e. The summed E-state index contributed by atoms with van der Waals surface area (Å²) >= 11 is 0. The Morgan fingerprint density at radius 3 is 2.42 bits per heavy atom. The van der Waals surface area contributed by atoms with Crippen molar-refractivity contribution in [1.29, 1.82) is 0 Å². The first-order valence-electron chi connectivity index (χ1n) is 3.89. The maximum absolute atomic E-state index is 5.22. The summed E-state index contributed by atoms with van der Waals surface area (Å²) < 4.78 is 10.4. The van der Waals surface area contributed by atoms with Crippen LogP contribution in [0.1, 0.15) is 17.4 Å². The summed E-state index contributed by atoms with van der Waals surface area (Å²) in [5, 5.41) is 0. The van der Waals surface area contributed by atoms with Crippen molar-refractivity contribution >= 4 is 0 Å². The highest BCUT2D eigenvalue weighted by atomic mass is 16.7. The van der Waals surface area contributed by atoms with E-state index >= 15 is 0 Å². The SMILES string of the molecule is Cc1ccccc1C1OC=CO1. The highest BCUT2D eigenvalue weighted by Gasteiger charge is 2.16. The van der Waals surface area contributed by atoms with E-state index in [0.717, 1.165) is 5.56 Å². The molecule has 0 aliphatic carbocycles. The first kappa shape index (κ1) is 7.22. The van der Waals surface area contributed by atoms with Crippen LogP contribution in [0.2, 0.25) is 0 Å². The van der Waals surface area contributed by atoms with Crippen molar-refractivity contribution in [3.8, 4) is 0 Å². The lowest BCUT2D eigenvalue weighted by atomic mass is 10.1. The third kappa shape index (κ3) is 1.16. The van der Waals surface area contributed by atoms with Crippen LogP contribution in [0.15, 0.2) is 36.8 Å². The minimum absolute atomic E-state index is 0.244. The number of hydrogen-bond donors (Lipinski definition) is 0. The lowest BCUT2D eigenvalue weighted by Gasteiger charge is -2.12. The van der Waals surface area contributed by atoms with Gasteiger partial charge in [0.05, 0.1) is 0 Å². The normalized spacial score (nSPS) is 15.8. The monoisotopic (exact) mass is 162 g/mol. The molecule has 1 heterocycles. The van der Waals surface area contributed by atoms with Gasteiger partial charge in [0.1, 0.15) is 12.5 Å². The molecule has 62 valence electrons. The highest BCUT2D eigenvalue weighted by molar-refractivity contribution is 5.27. The lowest BCUT2D eigenvalue weighted by molar-refractivity contribution is -0.0250. The summed E-state index contributed by atoms with van der Waals surface area (Å²) in [5.74, 6) is 0. The summed E-state index contributed by atoms with van der Waals surface area (Å²) in [4.78, 5) is 0. The summed E-state index contributed by atoms with van der Waals surface area (Å²) in [6.07, 6.45) is 2.89. The van der Waals surface area contributed by atoms with Crippen LogP contribution < -0.4 is 0 Å². The Labute approximate surface area is 71.4 Å². The summed E-state index contributed by atoms with van der Waals surface area (Å²) in [6.45, 7) is 2.04. The minimum atomic E-state index is -0.244. The lowest BCUT2D eigenvalue weighted by Crippen LogP contribution is -1.99. The fourth-order valence-corrected chi connectivity index (χ4v) is 1.24. The Bertz CT molecular complexity index is 296. The van der Waals surface area contributed by atoms with Gasteiger partial charge >= 0.3 is 0 Å². The molecule has 1 aromatic carbocycles. The van der Waals surface area contributed by atoms with Gasteiger partial charge in [-0.15, -0.1) is 0 Å². The molecule has 0 atom stereocenters. The van der Waals surface area contributed by atoms with Gasteiger partial charge in [0, 0.05) is 5.56 Å². The smallest absolute Gasteiger partial charge is 0.266 e. The van der Waals surface area contributed by atoms with Gasteiger partial charge in [0.25, 0.3) is 6.29 Å². The van der Waals surface area contributed by atoms with Gasteiger partial charge in [-0.2, -0.15) is 0 Å². The van der Waals surface area contributed by atoms with Crippen LogP contribution in [0.3, 0.4) is 0 Å². The molecule has 0 spiro atoms. The van der Waals surface area contributed by atoms with Gasteiger partial charge in [0.15, 0.2) is 0 Å². The molecule has 1 aromatic rings. The van der Waals surface area contributed by atoms with E-state index in [1.807, 2.05) is 31.2 Å². The average Bonchev–Trinajstić information content (AvgIpc) is 2.57. The van der Waals surface area contributed by atoms with Crippen LogP contribution in [0.4, 0.5) is 0 Å². The van der Waals surface area contributed by atoms with Crippen molar-refractivity contribution in [2.75, 3.05) is 0 Å². The van der Waals surface area contributed by atoms with Gasteiger partial charge in [-0.3, -0.25) is 0 Å². The quantitative estimate of drug-likeness (QED) is 0.631. The van der Waals surface area contributed by atoms with E-state index in [9.17, 15) is 0 Å². The fraction of sp³-hybridized carbons (Fsp3) is 0.200. The molecule has 0 amide bonds. The maximum Gasteiger partial charge on any atom is 0.266 e. The Morgan fingerprint density at radius 1 is 1.08 bits per heavy atom. The fourth-order valence-electron chi connectivity index (χ4n) is 1.24. The zero-order valence-corrected chi connectivity index (χ0v) is 6.86. The van der Waals surface area contributed by atoms with E-state index in [2.05, 4.69) is 0 Å². The largest absolute Gasteiger partial charge is 0.455 e. The van der Waals surface area contributed by atoms with Gasteiger partial charge in [-0.1, -0.05) is 24.3 Å². The molecule has 0 saturated carbocycles. The van der Waals surface area contributed by atoms with Crippen LogP contribution in [0, 0.1) is 6.92 Å². The molecule has 1 aliphatic rings. The molecular weight excluding hydrogens is 152 g/mol. The summed E-state index contributed by atoms with van der Waals surface area (Å²) in [7, 11) is 0. The Hall–Kier alpha value is -1.44. The maximum atomic E-state index is 5.22. The topological polar surface area (TPSA) is 18.5 Å². The van der Waals surface area contributed by atoms with Crippen molar-refractivity contribution in [3.05, 3.63) is 47.9 Å². The van der Waals surface area contributed by atoms with Crippen LogP contribution in [0.25, 0.3) is 0 Å². The zero-order chi connectivity index (χ0) is 8.39. The zero-order valence-electron chi connectivity index (χ0n) is 6.86. The number of ether oxygens (including phenoxy) is 2. The molecule has 0 aromatic heterocycles. The highest BCUT2D eigenvalue weighted by Crippen LogP contribution is 2.25. The number of hydrogen-bond acceptors (Lipinski definition) is 2. The second-order valence-corrected chi connectivity index (χ2v) is 2.73. The second-order valence-electron chi connectivity index (χ2n) is 2.73. The molecule has 0 N–H and O–H groups in total. The van der Waals surface area contributed by atoms with E-state index in [0.29, 0.717) is 0 Å². The first-order valence-corrected chi connectivity index (χ1v) is 3.89. The molecular formula is C10H10O2. The number of aryl methyl sites for hydroxylation is 1. The van der Waals surface area contributed by atoms with E-state index in [1.165, 1.54) is 5.56 Å².